The van der Waals surface area contributed by atoms with E-state index in [-0.39, 0.29) is 0 Å². The molecular weight excluding hydrogens is 184 g/mol. The van der Waals surface area contributed by atoms with E-state index in [0.717, 1.165) is 31.5 Å². The summed E-state index contributed by atoms with van der Waals surface area (Å²) in [5.41, 5.74) is 0.432. The summed E-state index contributed by atoms with van der Waals surface area (Å²) in [5.74, 6) is 1.48. The third-order valence-corrected chi connectivity index (χ3v) is 3.38. The van der Waals surface area contributed by atoms with E-state index in [1.54, 1.807) is 0 Å². The first-order valence-corrected chi connectivity index (χ1v) is 6.28. The fourth-order valence-electron chi connectivity index (χ4n) is 1.53. The lowest BCUT2D eigenvalue weighted by molar-refractivity contribution is 0.292. The highest BCUT2D eigenvalue weighted by atomic mass is 14.9. The molecule has 2 N–H and O–H groups in total. The van der Waals surface area contributed by atoms with Gasteiger partial charge in [0.2, 0.25) is 0 Å². The van der Waals surface area contributed by atoms with Crippen molar-refractivity contribution in [3.63, 3.8) is 0 Å². The van der Waals surface area contributed by atoms with Crippen molar-refractivity contribution < 1.29 is 0 Å². The third kappa shape index (κ3) is 6.91. The van der Waals surface area contributed by atoms with Crippen molar-refractivity contribution in [1.82, 2.24) is 10.6 Å². The number of nitrogens with one attached hydrogen (secondary N) is 2. The van der Waals surface area contributed by atoms with Gasteiger partial charge in [-0.3, -0.25) is 0 Å². The Morgan fingerprint density at radius 2 is 1.73 bits per heavy atom. The lowest BCUT2D eigenvalue weighted by atomic mass is 9.89. The number of rotatable bonds is 8. The molecule has 0 bridgehead atoms. The van der Waals surface area contributed by atoms with Crippen LogP contribution in [0.1, 0.15) is 41.0 Å². The molecule has 1 atom stereocenters. The second-order valence-electron chi connectivity index (χ2n) is 5.71. The molecule has 0 amide bonds. The van der Waals surface area contributed by atoms with Crippen LogP contribution < -0.4 is 10.6 Å². The SMILES string of the molecule is CCC(C)(C)CNCC(CNC)C(C)C. The average molecular weight is 214 g/mol. The van der Waals surface area contributed by atoms with E-state index < -0.39 is 0 Å². The van der Waals surface area contributed by atoms with Crippen molar-refractivity contribution in [2.75, 3.05) is 26.7 Å². The van der Waals surface area contributed by atoms with Gasteiger partial charge in [-0.2, -0.15) is 0 Å². The van der Waals surface area contributed by atoms with Gasteiger partial charge in [-0.05, 0) is 43.8 Å². The Labute approximate surface area is 96.2 Å². The molecule has 0 heterocycles. The quantitative estimate of drug-likeness (QED) is 0.649. The van der Waals surface area contributed by atoms with Crippen LogP contribution in [-0.2, 0) is 0 Å². The normalized spacial score (nSPS) is 14.6. The first-order valence-electron chi connectivity index (χ1n) is 6.28. The highest BCUT2D eigenvalue weighted by molar-refractivity contribution is 4.73. The van der Waals surface area contributed by atoms with Crippen LogP contribution in [0.5, 0.6) is 0 Å². The van der Waals surface area contributed by atoms with Gasteiger partial charge < -0.3 is 10.6 Å². The van der Waals surface area contributed by atoms with Gasteiger partial charge in [-0.15, -0.1) is 0 Å². The molecule has 0 aliphatic heterocycles. The molecule has 0 aromatic carbocycles. The maximum absolute atomic E-state index is 3.60. The van der Waals surface area contributed by atoms with Gasteiger partial charge in [-0.1, -0.05) is 34.6 Å². The van der Waals surface area contributed by atoms with Crippen LogP contribution in [0.2, 0.25) is 0 Å². The van der Waals surface area contributed by atoms with Crippen molar-refractivity contribution >= 4 is 0 Å². The van der Waals surface area contributed by atoms with Crippen LogP contribution in [0, 0.1) is 17.3 Å². The van der Waals surface area contributed by atoms with Gasteiger partial charge >= 0.3 is 0 Å². The van der Waals surface area contributed by atoms with E-state index in [9.17, 15) is 0 Å². The van der Waals surface area contributed by atoms with Crippen molar-refractivity contribution in [2.45, 2.75) is 41.0 Å². The van der Waals surface area contributed by atoms with E-state index in [0.29, 0.717) is 5.41 Å². The predicted molar refractivity (Wildman–Crippen MR) is 69.2 cm³/mol. The molecule has 0 aliphatic rings. The molecule has 0 aromatic rings. The summed E-state index contributed by atoms with van der Waals surface area (Å²) in [5, 5.41) is 6.87. The molecule has 0 saturated carbocycles. The molecule has 0 fully saturated rings. The largest absolute Gasteiger partial charge is 0.319 e. The lowest BCUT2D eigenvalue weighted by Gasteiger charge is -2.26. The van der Waals surface area contributed by atoms with E-state index in [4.69, 9.17) is 0 Å². The summed E-state index contributed by atoms with van der Waals surface area (Å²) >= 11 is 0. The summed E-state index contributed by atoms with van der Waals surface area (Å²) in [7, 11) is 2.03. The Balaban J connectivity index is 3.80. The fraction of sp³-hybridized carbons (Fsp3) is 1.00. The van der Waals surface area contributed by atoms with Crippen LogP contribution in [0.15, 0.2) is 0 Å². The zero-order valence-corrected chi connectivity index (χ0v) is 11.5. The van der Waals surface area contributed by atoms with Gasteiger partial charge in [0.1, 0.15) is 0 Å². The zero-order valence-electron chi connectivity index (χ0n) is 11.5. The molecule has 1 unspecified atom stereocenters. The van der Waals surface area contributed by atoms with Crippen molar-refractivity contribution in [2.24, 2.45) is 17.3 Å². The third-order valence-electron chi connectivity index (χ3n) is 3.38. The molecule has 2 heteroatoms. The molecule has 92 valence electrons. The minimum absolute atomic E-state index is 0.432. The average Bonchev–Trinajstić information content (AvgIpc) is 2.16. The van der Waals surface area contributed by atoms with Crippen LogP contribution in [0.25, 0.3) is 0 Å². The highest BCUT2D eigenvalue weighted by Crippen LogP contribution is 2.18. The first kappa shape index (κ1) is 14.9. The molecule has 0 radical (unpaired) electrons. The standard InChI is InChI=1S/C13H30N2/c1-7-13(4,5)10-15-9-12(8-14-6)11(2)3/h11-12,14-15H,7-10H2,1-6H3. The smallest absolute Gasteiger partial charge is 0.000254 e. The van der Waals surface area contributed by atoms with Gasteiger partial charge in [0.15, 0.2) is 0 Å². The Bertz CT molecular complexity index is 153. The summed E-state index contributed by atoms with van der Waals surface area (Å²) in [6, 6.07) is 0. The Kier molecular flexibility index (Phi) is 7.20. The molecule has 0 spiro atoms. The molecule has 0 aromatic heterocycles. The van der Waals surface area contributed by atoms with E-state index in [1.807, 2.05) is 7.05 Å². The second-order valence-corrected chi connectivity index (χ2v) is 5.71. The summed E-state index contributed by atoms with van der Waals surface area (Å²) in [6.45, 7) is 14.9. The minimum atomic E-state index is 0.432. The summed E-state index contributed by atoms with van der Waals surface area (Å²) < 4.78 is 0. The molecule has 15 heavy (non-hydrogen) atoms. The van der Waals surface area contributed by atoms with Crippen LogP contribution >= 0.6 is 0 Å². The maximum atomic E-state index is 3.60. The molecular formula is C13H30N2. The van der Waals surface area contributed by atoms with Gasteiger partial charge in [-0.25, -0.2) is 0 Å². The molecule has 0 rings (SSSR count). The molecule has 0 saturated heterocycles. The number of hydrogen-bond donors (Lipinski definition) is 2. The van der Waals surface area contributed by atoms with Crippen LogP contribution in [-0.4, -0.2) is 26.7 Å². The van der Waals surface area contributed by atoms with E-state index in [2.05, 4.69) is 45.3 Å². The Hall–Kier alpha value is -0.0800. The summed E-state index contributed by atoms with van der Waals surface area (Å²) in [4.78, 5) is 0. The van der Waals surface area contributed by atoms with Crippen LogP contribution in [0.3, 0.4) is 0 Å². The highest BCUT2D eigenvalue weighted by Gasteiger charge is 2.16. The van der Waals surface area contributed by atoms with Crippen molar-refractivity contribution in [1.29, 1.82) is 0 Å². The maximum Gasteiger partial charge on any atom is 0.000254 e. The van der Waals surface area contributed by atoms with Gasteiger partial charge in [0.05, 0.1) is 0 Å². The predicted octanol–water partition coefficient (Wildman–Crippen LogP) is 2.50. The van der Waals surface area contributed by atoms with Gasteiger partial charge in [0, 0.05) is 6.54 Å². The van der Waals surface area contributed by atoms with Crippen LogP contribution in [0.4, 0.5) is 0 Å². The Morgan fingerprint density at radius 3 is 2.13 bits per heavy atom. The second kappa shape index (κ2) is 7.24. The fourth-order valence-corrected chi connectivity index (χ4v) is 1.53. The first-order chi connectivity index (χ1) is 6.93. The lowest BCUT2D eigenvalue weighted by Crippen LogP contribution is -2.37. The van der Waals surface area contributed by atoms with Gasteiger partial charge in [0.25, 0.3) is 0 Å². The number of hydrogen-bond acceptors (Lipinski definition) is 2. The molecule has 0 aliphatic carbocycles. The van der Waals surface area contributed by atoms with E-state index in [1.165, 1.54) is 6.42 Å². The van der Waals surface area contributed by atoms with Crippen molar-refractivity contribution in [3.8, 4) is 0 Å². The minimum Gasteiger partial charge on any atom is -0.319 e. The Morgan fingerprint density at radius 1 is 1.13 bits per heavy atom. The van der Waals surface area contributed by atoms with Crippen molar-refractivity contribution in [3.05, 3.63) is 0 Å². The topological polar surface area (TPSA) is 24.1 Å². The summed E-state index contributed by atoms with van der Waals surface area (Å²) in [6.07, 6.45) is 1.23. The zero-order chi connectivity index (χ0) is 11.9. The van der Waals surface area contributed by atoms with E-state index >= 15 is 0 Å². The monoisotopic (exact) mass is 214 g/mol. The molecule has 2 nitrogen and oxygen atoms in total.